The maximum absolute atomic E-state index is 14.0. The molecule has 0 bridgehead atoms. The summed E-state index contributed by atoms with van der Waals surface area (Å²) < 4.78 is 58.2. The number of halogens is 2. The van der Waals surface area contributed by atoms with Gasteiger partial charge in [-0.1, -0.05) is 6.07 Å². The molecule has 0 aliphatic rings. The van der Waals surface area contributed by atoms with Crippen molar-refractivity contribution >= 4 is 38.1 Å². The van der Waals surface area contributed by atoms with Crippen molar-refractivity contribution in [3.8, 4) is 22.8 Å². The molecule has 3 aromatic rings. The average Bonchev–Trinajstić information content (AvgIpc) is 3.05. The molecule has 0 aliphatic carbocycles. The number of hydrogen-bond acceptors (Lipinski definition) is 6. The molecule has 11 heteroatoms. The molecular formula is C18H15F2N3O4S2. The number of rotatable bonds is 6. The number of sulfonamides is 1. The smallest absolute Gasteiger partial charge is 0.229 e. The van der Waals surface area contributed by atoms with Gasteiger partial charge in [0.1, 0.15) is 5.82 Å². The zero-order chi connectivity index (χ0) is 21.2. The topological polar surface area (TPSA) is 97.4 Å². The quantitative estimate of drug-likeness (QED) is 0.600. The lowest BCUT2D eigenvalue weighted by atomic mass is 10.1. The number of anilines is 2. The van der Waals surface area contributed by atoms with Gasteiger partial charge in [-0.3, -0.25) is 9.52 Å². The molecular weight excluding hydrogens is 424 g/mol. The van der Waals surface area contributed by atoms with Gasteiger partial charge in [0.05, 0.1) is 17.6 Å². The number of aromatic nitrogens is 1. The summed E-state index contributed by atoms with van der Waals surface area (Å²) in [7, 11) is -3.64. The lowest BCUT2D eigenvalue weighted by Crippen LogP contribution is -2.10. The fraction of sp³-hybridized carbons (Fsp3) is 0.111. The van der Waals surface area contributed by atoms with Gasteiger partial charge in [-0.15, -0.1) is 11.3 Å². The Morgan fingerprint density at radius 3 is 2.55 bits per heavy atom. The van der Waals surface area contributed by atoms with Gasteiger partial charge in [-0.2, -0.15) is 0 Å². The van der Waals surface area contributed by atoms with Crippen molar-refractivity contribution in [2.24, 2.45) is 0 Å². The summed E-state index contributed by atoms with van der Waals surface area (Å²) in [4.78, 5) is 15.4. The van der Waals surface area contributed by atoms with Crippen LogP contribution < -0.4 is 14.8 Å². The lowest BCUT2D eigenvalue weighted by Gasteiger charge is -2.14. The van der Waals surface area contributed by atoms with Gasteiger partial charge in [-0.25, -0.2) is 22.2 Å². The minimum absolute atomic E-state index is 0.00693. The van der Waals surface area contributed by atoms with E-state index in [0.717, 1.165) is 18.4 Å². The van der Waals surface area contributed by atoms with Crippen molar-refractivity contribution in [2.45, 2.75) is 6.92 Å². The van der Waals surface area contributed by atoms with E-state index in [1.54, 1.807) is 11.4 Å². The highest BCUT2D eigenvalue weighted by Crippen LogP contribution is 2.36. The first-order valence-electron chi connectivity index (χ1n) is 8.09. The minimum Gasteiger partial charge on any atom is -0.452 e. The summed E-state index contributed by atoms with van der Waals surface area (Å²) >= 11 is 1.20. The molecule has 152 valence electrons. The number of nitrogens with one attached hydrogen (secondary N) is 2. The highest BCUT2D eigenvalue weighted by molar-refractivity contribution is 7.92. The fourth-order valence-electron chi connectivity index (χ4n) is 2.34. The van der Waals surface area contributed by atoms with E-state index in [0.29, 0.717) is 22.5 Å². The van der Waals surface area contributed by atoms with Crippen molar-refractivity contribution in [3.63, 3.8) is 0 Å². The van der Waals surface area contributed by atoms with E-state index in [4.69, 9.17) is 4.74 Å². The van der Waals surface area contributed by atoms with E-state index < -0.39 is 21.7 Å². The van der Waals surface area contributed by atoms with Crippen LogP contribution in [0.5, 0.6) is 11.5 Å². The molecule has 3 rings (SSSR count). The van der Waals surface area contributed by atoms with E-state index in [-0.39, 0.29) is 23.1 Å². The van der Waals surface area contributed by atoms with Gasteiger partial charge in [0.25, 0.3) is 0 Å². The van der Waals surface area contributed by atoms with Crippen LogP contribution in [-0.2, 0) is 14.8 Å². The molecule has 0 radical (unpaired) electrons. The van der Waals surface area contributed by atoms with E-state index in [1.165, 1.54) is 30.4 Å². The predicted molar refractivity (Wildman–Crippen MR) is 107 cm³/mol. The first kappa shape index (κ1) is 20.7. The van der Waals surface area contributed by atoms with Crippen molar-refractivity contribution in [2.75, 3.05) is 16.3 Å². The molecule has 0 spiro atoms. The third kappa shape index (κ3) is 5.48. The van der Waals surface area contributed by atoms with Gasteiger partial charge < -0.3 is 10.1 Å². The zero-order valence-electron chi connectivity index (χ0n) is 15.2. The standard InChI is InChI=1S/C18H15F2N3O4S2/c1-10(24)21-18-22-15(9-28-18)11-3-5-14(23-29(2,25)26)17(7-11)27-16-6-4-12(19)8-13(16)20/h3-9,23H,1-2H3,(H,21,22,24). The van der Waals surface area contributed by atoms with Crippen LogP contribution >= 0.6 is 11.3 Å². The maximum atomic E-state index is 14.0. The molecule has 2 aromatic carbocycles. The van der Waals surface area contributed by atoms with Crippen molar-refractivity contribution in [3.05, 3.63) is 53.4 Å². The van der Waals surface area contributed by atoms with Crippen LogP contribution in [0.3, 0.4) is 0 Å². The Kier molecular flexibility index (Phi) is 5.80. The largest absolute Gasteiger partial charge is 0.452 e. The molecule has 0 atom stereocenters. The number of carbonyl (C=O) groups is 1. The van der Waals surface area contributed by atoms with Crippen LogP contribution in [0, 0.1) is 11.6 Å². The Balaban J connectivity index is 2.01. The monoisotopic (exact) mass is 439 g/mol. The number of benzene rings is 2. The fourth-order valence-corrected chi connectivity index (χ4v) is 3.67. The van der Waals surface area contributed by atoms with Gasteiger partial charge >= 0.3 is 0 Å². The normalized spacial score (nSPS) is 11.2. The molecule has 2 N–H and O–H groups in total. The van der Waals surface area contributed by atoms with Crippen LogP contribution in [0.4, 0.5) is 19.6 Å². The lowest BCUT2D eigenvalue weighted by molar-refractivity contribution is -0.114. The maximum Gasteiger partial charge on any atom is 0.229 e. The second-order valence-electron chi connectivity index (χ2n) is 5.98. The number of thiazole rings is 1. The number of hydrogen-bond donors (Lipinski definition) is 2. The molecule has 1 amide bonds. The van der Waals surface area contributed by atoms with E-state index in [1.807, 2.05) is 0 Å². The van der Waals surface area contributed by atoms with Gasteiger partial charge in [0.15, 0.2) is 22.4 Å². The number of ether oxygens (including phenoxy) is 1. The number of carbonyl (C=O) groups excluding carboxylic acids is 1. The SMILES string of the molecule is CC(=O)Nc1nc(-c2ccc(NS(C)(=O)=O)c(Oc3ccc(F)cc3F)c2)cs1. The van der Waals surface area contributed by atoms with Gasteiger partial charge in [0.2, 0.25) is 15.9 Å². The summed E-state index contributed by atoms with van der Waals surface area (Å²) in [6.45, 7) is 1.36. The Bertz CT molecular complexity index is 1180. The first-order valence-corrected chi connectivity index (χ1v) is 10.9. The number of nitrogens with zero attached hydrogens (tertiary/aromatic N) is 1. The average molecular weight is 439 g/mol. The second kappa shape index (κ2) is 8.13. The zero-order valence-corrected chi connectivity index (χ0v) is 16.8. The minimum atomic E-state index is -3.64. The Morgan fingerprint density at radius 1 is 1.14 bits per heavy atom. The highest BCUT2D eigenvalue weighted by atomic mass is 32.2. The van der Waals surface area contributed by atoms with Crippen LogP contribution in [0.15, 0.2) is 41.8 Å². The third-order valence-electron chi connectivity index (χ3n) is 3.47. The second-order valence-corrected chi connectivity index (χ2v) is 8.59. The van der Waals surface area contributed by atoms with E-state index in [9.17, 15) is 22.0 Å². The Hall–Kier alpha value is -3.05. The van der Waals surface area contributed by atoms with Crippen molar-refractivity contribution in [1.29, 1.82) is 0 Å². The summed E-state index contributed by atoms with van der Waals surface area (Å²) in [5.74, 6) is -2.27. The molecule has 0 saturated heterocycles. The van der Waals surface area contributed by atoms with Gasteiger partial charge in [0, 0.05) is 23.9 Å². The Morgan fingerprint density at radius 2 is 1.90 bits per heavy atom. The van der Waals surface area contributed by atoms with Crippen molar-refractivity contribution < 1.29 is 26.7 Å². The predicted octanol–water partition coefficient (Wildman–Crippen LogP) is 4.21. The van der Waals surface area contributed by atoms with Crippen LogP contribution in [-0.4, -0.2) is 25.6 Å². The summed E-state index contributed by atoms with van der Waals surface area (Å²) in [5.41, 5.74) is 1.10. The molecule has 0 aliphatic heterocycles. The molecule has 0 fully saturated rings. The first-order chi connectivity index (χ1) is 13.6. The third-order valence-corrected chi connectivity index (χ3v) is 4.82. The van der Waals surface area contributed by atoms with Crippen LogP contribution in [0.1, 0.15) is 6.92 Å². The molecule has 1 heterocycles. The highest BCUT2D eigenvalue weighted by Gasteiger charge is 2.15. The van der Waals surface area contributed by atoms with Crippen LogP contribution in [0.2, 0.25) is 0 Å². The molecule has 1 aromatic heterocycles. The Labute approximate surface area is 169 Å². The summed E-state index contributed by atoms with van der Waals surface area (Å²) in [6.07, 6.45) is 0.962. The molecule has 7 nitrogen and oxygen atoms in total. The molecule has 29 heavy (non-hydrogen) atoms. The van der Waals surface area contributed by atoms with Gasteiger partial charge in [-0.05, 0) is 24.3 Å². The molecule has 0 unspecified atom stereocenters. The van der Waals surface area contributed by atoms with Crippen LogP contribution in [0.25, 0.3) is 11.3 Å². The summed E-state index contributed by atoms with van der Waals surface area (Å²) in [6, 6.07) is 7.26. The van der Waals surface area contributed by atoms with E-state index >= 15 is 0 Å². The summed E-state index contributed by atoms with van der Waals surface area (Å²) in [5, 5.41) is 4.64. The molecule has 0 saturated carbocycles. The van der Waals surface area contributed by atoms with E-state index in [2.05, 4.69) is 15.0 Å². The van der Waals surface area contributed by atoms with Crippen molar-refractivity contribution in [1.82, 2.24) is 4.98 Å². The number of amides is 1.